The number of hydrogen-bond acceptors (Lipinski definition) is 4. The lowest BCUT2D eigenvalue weighted by Gasteiger charge is -2.35. The summed E-state index contributed by atoms with van der Waals surface area (Å²) in [6, 6.07) is 1.99. The van der Waals surface area contributed by atoms with E-state index in [4.69, 9.17) is 21.1 Å². The van der Waals surface area contributed by atoms with Gasteiger partial charge in [0.1, 0.15) is 10.8 Å². The van der Waals surface area contributed by atoms with Crippen molar-refractivity contribution in [1.29, 1.82) is 0 Å². The minimum atomic E-state index is 0.224. The van der Waals surface area contributed by atoms with E-state index in [0.717, 1.165) is 31.2 Å². The fourth-order valence-electron chi connectivity index (χ4n) is 3.85. The average molecular weight is 392 g/mol. The van der Waals surface area contributed by atoms with Crippen LogP contribution in [0.1, 0.15) is 64.4 Å². The molecule has 1 aromatic heterocycles. The van der Waals surface area contributed by atoms with Crippen LogP contribution < -0.4 is 4.74 Å². The molecule has 0 saturated heterocycles. The molecule has 2 aliphatic rings. The van der Waals surface area contributed by atoms with Crippen molar-refractivity contribution in [1.82, 2.24) is 4.98 Å². The van der Waals surface area contributed by atoms with E-state index < -0.39 is 0 Å². The minimum Gasteiger partial charge on any atom is -0.476 e. The van der Waals surface area contributed by atoms with Crippen molar-refractivity contribution < 1.29 is 14.3 Å². The van der Waals surface area contributed by atoms with Gasteiger partial charge in [0.25, 0.3) is 0 Å². The molecule has 1 fully saturated rings. The van der Waals surface area contributed by atoms with E-state index >= 15 is 0 Å². The number of carbonyl (C=O) groups is 1. The quantitative estimate of drug-likeness (QED) is 0.559. The first-order valence-electron chi connectivity index (χ1n) is 10.1. The molecule has 27 heavy (non-hydrogen) atoms. The molecule has 148 valence electrons. The summed E-state index contributed by atoms with van der Waals surface area (Å²) >= 11 is 6.56. The molecule has 0 radical (unpaired) electrons. The second-order valence-electron chi connectivity index (χ2n) is 8.07. The van der Waals surface area contributed by atoms with Crippen LogP contribution in [-0.4, -0.2) is 30.1 Å². The largest absolute Gasteiger partial charge is 0.476 e. The van der Waals surface area contributed by atoms with Gasteiger partial charge in [-0.2, -0.15) is 0 Å². The van der Waals surface area contributed by atoms with Crippen molar-refractivity contribution in [2.24, 2.45) is 11.8 Å². The summed E-state index contributed by atoms with van der Waals surface area (Å²) in [4.78, 5) is 15.4. The van der Waals surface area contributed by atoms with Gasteiger partial charge in [0.05, 0.1) is 12.7 Å². The summed E-state index contributed by atoms with van der Waals surface area (Å²) in [7, 11) is 0. The smallest absolute Gasteiger partial charge is 0.233 e. The number of ether oxygens (including phenoxy) is 2. The van der Waals surface area contributed by atoms with Crippen LogP contribution in [0.15, 0.2) is 18.3 Å². The summed E-state index contributed by atoms with van der Waals surface area (Å²) in [6.07, 6.45) is 11.6. The number of hydrogen-bond donors (Lipinski definition) is 0. The third-order valence-electron chi connectivity index (χ3n) is 5.39. The van der Waals surface area contributed by atoms with Crippen LogP contribution in [-0.2, 0) is 9.53 Å². The molecule has 0 bridgehead atoms. The highest BCUT2D eigenvalue weighted by Crippen LogP contribution is 2.36. The number of halogens is 1. The fourth-order valence-corrected chi connectivity index (χ4v) is 4.14. The zero-order valence-electron chi connectivity index (χ0n) is 16.4. The summed E-state index contributed by atoms with van der Waals surface area (Å²) in [5.41, 5.74) is 2.38. The Kier molecular flexibility index (Phi) is 7.31. The molecule has 4 nitrogen and oxygen atoms in total. The van der Waals surface area contributed by atoms with E-state index in [1.807, 2.05) is 6.07 Å². The zero-order valence-corrected chi connectivity index (χ0v) is 17.1. The Morgan fingerprint density at radius 3 is 2.89 bits per heavy atom. The normalized spacial score (nSPS) is 23.3. The van der Waals surface area contributed by atoms with Gasteiger partial charge in [-0.3, -0.25) is 0 Å². The van der Waals surface area contributed by atoms with E-state index in [1.165, 1.54) is 18.4 Å². The summed E-state index contributed by atoms with van der Waals surface area (Å²) < 4.78 is 11.8. The van der Waals surface area contributed by atoms with Gasteiger partial charge < -0.3 is 14.3 Å². The van der Waals surface area contributed by atoms with Crippen molar-refractivity contribution >= 4 is 23.0 Å². The molecule has 1 heterocycles. The maximum atomic E-state index is 11.1. The molecule has 3 rings (SSSR count). The van der Waals surface area contributed by atoms with Gasteiger partial charge in [0, 0.05) is 24.8 Å². The van der Waals surface area contributed by atoms with Crippen molar-refractivity contribution in [2.45, 2.75) is 64.9 Å². The SMILES string of the molecule is CC(=O)C[C@@H](C)COC1CC(COc2nccc(C3=CCCCC3)c2Cl)C1. The molecule has 0 unspecified atom stereocenters. The number of rotatable bonds is 9. The standard InChI is InChI=1S/C22H30ClNO3/c1-15(10-16(2)25)13-26-19-11-17(12-19)14-27-22-21(23)20(8-9-24-22)18-6-4-3-5-7-18/h6,8-9,15,17,19H,3-5,7,10-14H2,1-2H3/t15-,17?,19?/m1/s1. The maximum Gasteiger partial charge on any atom is 0.233 e. The molecule has 0 spiro atoms. The summed E-state index contributed by atoms with van der Waals surface area (Å²) in [5, 5.41) is 0.635. The summed E-state index contributed by atoms with van der Waals surface area (Å²) in [6.45, 7) is 4.97. The number of ketones is 1. The number of allylic oxidation sites excluding steroid dienone is 2. The number of nitrogens with zero attached hydrogens (tertiary/aromatic N) is 1. The monoisotopic (exact) mass is 391 g/mol. The van der Waals surface area contributed by atoms with Crippen molar-refractivity contribution in [2.75, 3.05) is 13.2 Å². The van der Waals surface area contributed by atoms with Gasteiger partial charge in [-0.1, -0.05) is 24.6 Å². The van der Waals surface area contributed by atoms with E-state index in [9.17, 15) is 4.79 Å². The molecule has 0 aromatic carbocycles. The molecule has 2 aliphatic carbocycles. The van der Waals surface area contributed by atoms with Gasteiger partial charge >= 0.3 is 0 Å². The van der Waals surface area contributed by atoms with Crippen LogP contribution in [0.5, 0.6) is 5.88 Å². The third-order valence-corrected chi connectivity index (χ3v) is 5.76. The van der Waals surface area contributed by atoms with Crippen LogP contribution in [0, 0.1) is 11.8 Å². The number of aromatic nitrogens is 1. The predicted molar refractivity (Wildman–Crippen MR) is 108 cm³/mol. The first kappa shape index (κ1) is 20.3. The lowest BCUT2D eigenvalue weighted by molar-refractivity contribution is -0.119. The number of pyridine rings is 1. The van der Waals surface area contributed by atoms with Crippen LogP contribution in [0.2, 0.25) is 5.02 Å². The average Bonchev–Trinajstić information content (AvgIpc) is 2.61. The highest BCUT2D eigenvalue weighted by atomic mass is 35.5. The van der Waals surface area contributed by atoms with Gasteiger partial charge in [0.15, 0.2) is 0 Å². The molecular formula is C22H30ClNO3. The van der Waals surface area contributed by atoms with Crippen LogP contribution in [0.4, 0.5) is 0 Å². The second kappa shape index (κ2) is 9.70. The lowest BCUT2D eigenvalue weighted by atomic mass is 9.83. The molecule has 5 heteroatoms. The van der Waals surface area contributed by atoms with E-state index in [1.54, 1.807) is 13.1 Å². The van der Waals surface area contributed by atoms with Gasteiger partial charge in [-0.05, 0) is 68.9 Å². The van der Waals surface area contributed by atoms with E-state index in [2.05, 4.69) is 18.0 Å². The molecule has 1 aromatic rings. The van der Waals surface area contributed by atoms with Crippen molar-refractivity contribution in [3.05, 3.63) is 28.9 Å². The molecule has 0 aliphatic heterocycles. The van der Waals surface area contributed by atoms with Gasteiger partial charge in [0.2, 0.25) is 5.88 Å². The Bertz CT molecular complexity index is 682. The Morgan fingerprint density at radius 1 is 1.37 bits per heavy atom. The van der Waals surface area contributed by atoms with Crippen LogP contribution in [0.3, 0.4) is 0 Å². The Labute approximate surface area is 167 Å². The fraction of sp³-hybridized carbons (Fsp3) is 0.636. The van der Waals surface area contributed by atoms with E-state index in [-0.39, 0.29) is 17.8 Å². The second-order valence-corrected chi connectivity index (χ2v) is 8.45. The van der Waals surface area contributed by atoms with Crippen LogP contribution in [0.25, 0.3) is 5.57 Å². The van der Waals surface area contributed by atoms with Crippen molar-refractivity contribution in [3.8, 4) is 5.88 Å². The first-order valence-corrected chi connectivity index (χ1v) is 10.5. The number of carbonyl (C=O) groups excluding carboxylic acids is 1. The first-order chi connectivity index (χ1) is 13.0. The molecule has 0 N–H and O–H groups in total. The molecule has 1 saturated carbocycles. The zero-order chi connectivity index (χ0) is 19.2. The Balaban J connectivity index is 1.43. The highest BCUT2D eigenvalue weighted by molar-refractivity contribution is 6.33. The topological polar surface area (TPSA) is 48.4 Å². The summed E-state index contributed by atoms with van der Waals surface area (Å²) in [5.74, 6) is 1.54. The third kappa shape index (κ3) is 5.79. The predicted octanol–water partition coefficient (Wildman–Crippen LogP) is 5.48. The van der Waals surface area contributed by atoms with E-state index in [0.29, 0.717) is 36.5 Å². The van der Waals surface area contributed by atoms with Gasteiger partial charge in [-0.15, -0.1) is 0 Å². The van der Waals surface area contributed by atoms with Crippen molar-refractivity contribution in [3.63, 3.8) is 0 Å². The Morgan fingerprint density at radius 2 is 2.19 bits per heavy atom. The lowest BCUT2D eigenvalue weighted by Crippen LogP contribution is -2.36. The molecule has 0 amide bonds. The molecule has 1 atom stereocenters. The highest BCUT2D eigenvalue weighted by Gasteiger charge is 2.31. The molecular weight excluding hydrogens is 362 g/mol. The minimum absolute atomic E-state index is 0.224. The Hall–Kier alpha value is -1.39. The van der Waals surface area contributed by atoms with Crippen LogP contribution >= 0.6 is 11.6 Å². The van der Waals surface area contributed by atoms with Gasteiger partial charge in [-0.25, -0.2) is 4.98 Å². The number of Topliss-reactive ketones (excluding diaryl/α,β-unsaturated/α-hetero) is 1. The maximum absolute atomic E-state index is 11.1.